The van der Waals surface area contributed by atoms with E-state index in [9.17, 15) is 10.2 Å². The fourth-order valence-corrected chi connectivity index (χ4v) is 3.93. The lowest BCUT2D eigenvalue weighted by atomic mass is 9.87. The van der Waals surface area contributed by atoms with Gasteiger partial charge in [0.15, 0.2) is 11.5 Å². The summed E-state index contributed by atoms with van der Waals surface area (Å²) in [7, 11) is 0. The first-order chi connectivity index (χ1) is 11.5. The van der Waals surface area contributed by atoms with Crippen molar-refractivity contribution in [1.82, 2.24) is 0 Å². The quantitative estimate of drug-likeness (QED) is 0.592. The Morgan fingerprint density at radius 3 is 2.83 bits per heavy atom. The summed E-state index contributed by atoms with van der Waals surface area (Å²) >= 11 is 6.36. The number of nitrogens with one attached hydrogen (secondary N) is 1. The minimum Gasteiger partial charge on any atom is -0.504 e. The van der Waals surface area contributed by atoms with Crippen molar-refractivity contribution in [3.05, 3.63) is 70.3 Å². The molecule has 0 saturated carbocycles. The Morgan fingerprint density at radius 2 is 2.12 bits per heavy atom. The fourth-order valence-electron chi connectivity index (χ4n) is 3.63. The van der Waals surface area contributed by atoms with Gasteiger partial charge in [-0.05, 0) is 35.8 Å². The molecule has 2 aromatic rings. The molecule has 3 N–H and O–H groups in total. The molecule has 0 aliphatic carbocycles. The van der Waals surface area contributed by atoms with Crippen molar-refractivity contribution in [1.29, 1.82) is 0 Å². The Bertz CT molecular complexity index is 772. The normalized spacial score (nSPS) is 20.2. The number of hydrogen-bond donors (Lipinski definition) is 3. The van der Waals surface area contributed by atoms with Crippen molar-refractivity contribution in [2.75, 3.05) is 19.6 Å². The van der Waals surface area contributed by atoms with Crippen LogP contribution in [0.15, 0.2) is 43.0 Å². The van der Waals surface area contributed by atoms with Gasteiger partial charge in [-0.15, -0.1) is 0 Å². The molecule has 126 valence electrons. The topological polar surface area (TPSA) is 44.9 Å². The standard InChI is InChI=1S/C20H22ClNO2/c1-3-8-22-9-7-15-16(11-18(23)20(24)19(15)21)17(12-22)14-6-4-5-13(2)10-14/h3-6,10-11,17,23-24H,1,7-9,12H2,2H3/p+1. The second-order valence-electron chi connectivity index (χ2n) is 6.54. The second-order valence-corrected chi connectivity index (χ2v) is 6.92. The second kappa shape index (κ2) is 6.88. The molecule has 0 bridgehead atoms. The molecule has 0 fully saturated rings. The Labute approximate surface area is 147 Å². The van der Waals surface area contributed by atoms with Crippen LogP contribution >= 0.6 is 11.6 Å². The lowest BCUT2D eigenvalue weighted by molar-refractivity contribution is -0.894. The number of fused-ring (bicyclic) bond motifs is 1. The fraction of sp³-hybridized carbons (Fsp3) is 0.300. The maximum Gasteiger partial charge on any atom is 0.176 e. The lowest BCUT2D eigenvalue weighted by Gasteiger charge is -2.22. The molecule has 2 atom stereocenters. The van der Waals surface area contributed by atoms with Gasteiger partial charge in [0, 0.05) is 6.42 Å². The largest absolute Gasteiger partial charge is 0.504 e. The van der Waals surface area contributed by atoms with Crippen LogP contribution in [0.2, 0.25) is 5.02 Å². The molecule has 0 aromatic heterocycles. The van der Waals surface area contributed by atoms with Crippen molar-refractivity contribution in [2.45, 2.75) is 19.3 Å². The van der Waals surface area contributed by atoms with Crippen molar-refractivity contribution in [3.63, 3.8) is 0 Å². The van der Waals surface area contributed by atoms with Crippen molar-refractivity contribution in [3.8, 4) is 11.5 Å². The Hall–Kier alpha value is -1.97. The molecule has 0 saturated heterocycles. The van der Waals surface area contributed by atoms with E-state index in [1.54, 1.807) is 6.07 Å². The highest BCUT2D eigenvalue weighted by Gasteiger charge is 2.30. The number of phenols is 2. The summed E-state index contributed by atoms with van der Waals surface area (Å²) in [5, 5.41) is 20.4. The molecule has 1 aliphatic rings. The maximum absolute atomic E-state index is 10.1. The third-order valence-electron chi connectivity index (χ3n) is 4.83. The van der Waals surface area contributed by atoms with Gasteiger partial charge in [-0.3, -0.25) is 0 Å². The number of phenolic OH excluding ortho intramolecular Hbond substituents is 2. The van der Waals surface area contributed by atoms with E-state index in [2.05, 4.69) is 37.8 Å². The van der Waals surface area contributed by atoms with Gasteiger partial charge in [-0.25, -0.2) is 0 Å². The van der Waals surface area contributed by atoms with Gasteiger partial charge in [-0.1, -0.05) is 48.0 Å². The van der Waals surface area contributed by atoms with Crippen LogP contribution in [0.5, 0.6) is 11.5 Å². The van der Waals surface area contributed by atoms with Gasteiger partial charge in [0.05, 0.1) is 30.6 Å². The minimum absolute atomic E-state index is 0.126. The summed E-state index contributed by atoms with van der Waals surface area (Å²) in [5.41, 5.74) is 4.37. The van der Waals surface area contributed by atoms with Gasteiger partial charge >= 0.3 is 0 Å². The molecule has 0 radical (unpaired) electrons. The van der Waals surface area contributed by atoms with Crippen molar-refractivity contribution >= 4 is 11.6 Å². The molecular formula is C20H23ClNO2+. The van der Waals surface area contributed by atoms with Crippen LogP contribution in [0.25, 0.3) is 0 Å². The Morgan fingerprint density at radius 1 is 1.33 bits per heavy atom. The molecule has 2 unspecified atom stereocenters. The van der Waals surface area contributed by atoms with E-state index in [-0.39, 0.29) is 22.4 Å². The average molecular weight is 345 g/mol. The number of rotatable bonds is 3. The van der Waals surface area contributed by atoms with Crippen molar-refractivity contribution < 1.29 is 15.1 Å². The third-order valence-corrected chi connectivity index (χ3v) is 5.24. The van der Waals surface area contributed by atoms with Crippen LogP contribution in [0, 0.1) is 6.92 Å². The first-order valence-electron chi connectivity index (χ1n) is 8.25. The molecular weight excluding hydrogens is 322 g/mol. The number of aryl methyl sites for hydroxylation is 1. The molecule has 1 heterocycles. The number of halogens is 1. The molecule has 0 spiro atoms. The minimum atomic E-state index is -0.217. The summed E-state index contributed by atoms with van der Waals surface area (Å²) in [6.07, 6.45) is 2.71. The zero-order valence-corrected chi connectivity index (χ0v) is 14.6. The summed E-state index contributed by atoms with van der Waals surface area (Å²) in [4.78, 5) is 1.42. The van der Waals surface area contributed by atoms with Crippen LogP contribution in [0.3, 0.4) is 0 Å². The summed E-state index contributed by atoms with van der Waals surface area (Å²) in [6.45, 7) is 8.65. The van der Waals surface area contributed by atoms with Crippen molar-refractivity contribution in [2.24, 2.45) is 0 Å². The first-order valence-corrected chi connectivity index (χ1v) is 8.63. The highest BCUT2D eigenvalue weighted by atomic mass is 35.5. The zero-order valence-electron chi connectivity index (χ0n) is 13.8. The van der Waals surface area contributed by atoms with E-state index in [0.717, 1.165) is 37.2 Å². The van der Waals surface area contributed by atoms with E-state index >= 15 is 0 Å². The van der Waals surface area contributed by atoms with E-state index < -0.39 is 0 Å². The number of hydrogen-bond acceptors (Lipinski definition) is 2. The SMILES string of the molecule is C=CC[NH+]1CCc2c(cc(O)c(O)c2Cl)C(c2cccc(C)c2)C1. The smallest absolute Gasteiger partial charge is 0.176 e. The van der Waals surface area contributed by atoms with Crippen LogP contribution in [-0.4, -0.2) is 29.8 Å². The molecule has 4 heteroatoms. The van der Waals surface area contributed by atoms with E-state index in [1.165, 1.54) is 16.0 Å². The third kappa shape index (κ3) is 3.14. The molecule has 3 rings (SSSR count). The van der Waals surface area contributed by atoms with Gasteiger partial charge < -0.3 is 15.1 Å². The lowest BCUT2D eigenvalue weighted by Crippen LogP contribution is -3.12. The Kier molecular flexibility index (Phi) is 4.83. The van der Waals surface area contributed by atoms with Gasteiger partial charge in [0.2, 0.25) is 0 Å². The molecule has 24 heavy (non-hydrogen) atoms. The van der Waals surface area contributed by atoms with Crippen LogP contribution < -0.4 is 4.90 Å². The monoisotopic (exact) mass is 344 g/mol. The molecule has 2 aromatic carbocycles. The molecule has 1 aliphatic heterocycles. The molecule has 0 amide bonds. The highest BCUT2D eigenvalue weighted by Crippen LogP contribution is 2.42. The number of quaternary nitrogens is 1. The van der Waals surface area contributed by atoms with E-state index in [0.29, 0.717) is 0 Å². The zero-order chi connectivity index (χ0) is 17.3. The summed E-state index contributed by atoms with van der Waals surface area (Å²) in [5.74, 6) is -0.240. The van der Waals surface area contributed by atoms with Gasteiger partial charge in [0.1, 0.15) is 0 Å². The average Bonchev–Trinajstić information content (AvgIpc) is 2.73. The predicted octanol–water partition coefficient (Wildman–Crippen LogP) is 2.82. The predicted molar refractivity (Wildman–Crippen MR) is 97.3 cm³/mol. The van der Waals surface area contributed by atoms with Crippen LogP contribution in [-0.2, 0) is 6.42 Å². The van der Waals surface area contributed by atoms with E-state index in [1.807, 2.05) is 6.08 Å². The number of benzene rings is 2. The Balaban J connectivity index is 2.15. The maximum atomic E-state index is 10.1. The van der Waals surface area contributed by atoms with Gasteiger partial charge in [0.25, 0.3) is 0 Å². The summed E-state index contributed by atoms with van der Waals surface area (Å²) in [6, 6.07) is 10.1. The van der Waals surface area contributed by atoms with Crippen LogP contribution in [0.4, 0.5) is 0 Å². The number of aromatic hydroxyl groups is 2. The van der Waals surface area contributed by atoms with E-state index in [4.69, 9.17) is 11.6 Å². The van der Waals surface area contributed by atoms with Crippen LogP contribution in [0.1, 0.15) is 28.2 Å². The van der Waals surface area contributed by atoms with Gasteiger partial charge in [-0.2, -0.15) is 0 Å². The highest BCUT2D eigenvalue weighted by molar-refractivity contribution is 6.33. The summed E-state index contributed by atoms with van der Waals surface area (Å²) < 4.78 is 0. The first kappa shape index (κ1) is 16.9. The molecule has 3 nitrogen and oxygen atoms in total.